The first kappa shape index (κ1) is 26.6. The van der Waals surface area contributed by atoms with Gasteiger partial charge in [-0.3, -0.25) is 33.7 Å². The van der Waals surface area contributed by atoms with E-state index in [9.17, 15) is 44.1 Å². The van der Waals surface area contributed by atoms with E-state index >= 15 is 0 Å². The van der Waals surface area contributed by atoms with Crippen LogP contribution >= 0.6 is 0 Å². The van der Waals surface area contributed by atoms with Crippen molar-refractivity contribution in [2.45, 2.75) is 30.6 Å². The Balaban J connectivity index is 1.99. The van der Waals surface area contributed by atoms with Gasteiger partial charge in [-0.25, -0.2) is 0 Å². The smallest absolute Gasteiger partial charge is 0.253 e. The Labute approximate surface area is 212 Å². The van der Waals surface area contributed by atoms with E-state index in [2.05, 4.69) is 0 Å². The summed E-state index contributed by atoms with van der Waals surface area (Å²) >= 11 is 0. The zero-order valence-electron chi connectivity index (χ0n) is 21.0. The number of phenols is 1. The van der Waals surface area contributed by atoms with E-state index in [0.29, 0.717) is 0 Å². The fraction of sp³-hybridized carbons (Fsp3) is 0.520. The molecule has 0 saturated heterocycles. The number of aliphatic hydroxyl groups excluding tert-OH is 1. The van der Waals surface area contributed by atoms with Crippen LogP contribution in [0.4, 0.5) is 0 Å². The molecular formula is C25H29N3O9. The summed E-state index contributed by atoms with van der Waals surface area (Å²) in [6.07, 6.45) is -1.77. The number of carbonyl (C=O) groups is 6. The Morgan fingerprint density at radius 3 is 2.14 bits per heavy atom. The highest BCUT2D eigenvalue weighted by atomic mass is 16.3. The molecule has 3 aliphatic rings. The van der Waals surface area contributed by atoms with Crippen molar-refractivity contribution in [3.8, 4) is 5.75 Å². The number of rotatable bonds is 3. The van der Waals surface area contributed by atoms with Gasteiger partial charge in [-0.15, -0.1) is 0 Å². The Kier molecular flexibility index (Phi) is 6.13. The van der Waals surface area contributed by atoms with Crippen molar-refractivity contribution >= 4 is 34.9 Å². The van der Waals surface area contributed by atoms with Crippen molar-refractivity contribution in [1.29, 1.82) is 0 Å². The molecule has 0 aliphatic heterocycles. The Morgan fingerprint density at radius 2 is 1.62 bits per heavy atom. The van der Waals surface area contributed by atoms with Gasteiger partial charge in [0.1, 0.15) is 5.75 Å². The number of fused-ring (bicyclic) bond motifs is 3. The van der Waals surface area contributed by atoms with Gasteiger partial charge in [0.15, 0.2) is 34.7 Å². The first-order valence-corrected chi connectivity index (χ1v) is 11.7. The number of carbonyl (C=O) groups excluding carboxylic acids is 6. The molecule has 2 fully saturated rings. The predicted octanol–water partition coefficient (Wildman–Crippen LogP) is -1.90. The molecule has 2 amide bonds. The van der Waals surface area contributed by atoms with Crippen LogP contribution in [-0.2, 0) is 19.2 Å². The number of ketones is 4. The molecule has 0 spiro atoms. The maximum Gasteiger partial charge on any atom is 0.253 e. The van der Waals surface area contributed by atoms with E-state index in [-0.39, 0.29) is 16.7 Å². The third kappa shape index (κ3) is 3.32. The molecule has 198 valence electrons. The number of nitrogens with zero attached hydrogens (tertiary/aromatic N) is 2. The lowest BCUT2D eigenvalue weighted by Gasteiger charge is -2.56. The summed E-state index contributed by atoms with van der Waals surface area (Å²) in [6, 6.07) is 1.01. The van der Waals surface area contributed by atoms with Crippen LogP contribution in [0.5, 0.6) is 5.75 Å². The number of likely N-dealkylation sites (N-methyl/N-ethyl adjacent to an activating group) is 1. The maximum atomic E-state index is 13.9. The number of hydrogen-bond donors (Lipinski definition) is 4. The first-order chi connectivity index (χ1) is 17.1. The molecule has 2 unspecified atom stereocenters. The van der Waals surface area contributed by atoms with E-state index < -0.39 is 88.0 Å². The minimum atomic E-state index is -3.07. The van der Waals surface area contributed by atoms with Crippen LogP contribution in [0.1, 0.15) is 39.1 Å². The monoisotopic (exact) mass is 515 g/mol. The summed E-state index contributed by atoms with van der Waals surface area (Å²) in [7, 11) is 5.82. The average molecular weight is 516 g/mol. The lowest BCUT2D eigenvalue weighted by molar-refractivity contribution is -0.196. The minimum absolute atomic E-state index is 0.0753. The van der Waals surface area contributed by atoms with Gasteiger partial charge in [0.25, 0.3) is 5.91 Å². The van der Waals surface area contributed by atoms with Crippen LogP contribution in [-0.4, -0.2) is 106 Å². The van der Waals surface area contributed by atoms with Gasteiger partial charge >= 0.3 is 0 Å². The van der Waals surface area contributed by atoms with Crippen LogP contribution < -0.4 is 5.73 Å². The second-order valence-electron chi connectivity index (χ2n) is 10.5. The van der Waals surface area contributed by atoms with E-state index in [0.717, 1.165) is 6.07 Å². The fourth-order valence-corrected chi connectivity index (χ4v) is 6.50. The molecule has 0 aromatic heterocycles. The van der Waals surface area contributed by atoms with Gasteiger partial charge in [-0.05, 0) is 37.7 Å². The molecule has 4 rings (SSSR count). The molecule has 1 aromatic carbocycles. The summed E-state index contributed by atoms with van der Waals surface area (Å²) in [6.45, 7) is 1.55. The van der Waals surface area contributed by atoms with Crippen molar-refractivity contribution < 1.29 is 44.1 Å². The fourth-order valence-electron chi connectivity index (χ4n) is 6.50. The molecular weight excluding hydrogens is 486 g/mol. The van der Waals surface area contributed by atoms with Crippen LogP contribution in [0.15, 0.2) is 12.1 Å². The molecule has 0 radical (unpaired) electrons. The third-order valence-corrected chi connectivity index (χ3v) is 8.10. The Morgan fingerprint density at radius 1 is 1.03 bits per heavy atom. The van der Waals surface area contributed by atoms with Crippen LogP contribution in [0.25, 0.3) is 0 Å². The molecule has 8 atom stereocenters. The normalized spacial score (nSPS) is 35.1. The van der Waals surface area contributed by atoms with Crippen molar-refractivity contribution in [3.05, 3.63) is 28.8 Å². The van der Waals surface area contributed by atoms with Crippen LogP contribution in [0.2, 0.25) is 0 Å². The van der Waals surface area contributed by atoms with Gasteiger partial charge in [-0.2, -0.15) is 0 Å². The van der Waals surface area contributed by atoms with E-state index in [1.54, 1.807) is 6.92 Å². The van der Waals surface area contributed by atoms with E-state index in [1.165, 1.54) is 44.1 Å². The van der Waals surface area contributed by atoms with E-state index in [1.807, 2.05) is 0 Å². The van der Waals surface area contributed by atoms with Gasteiger partial charge in [0.2, 0.25) is 5.91 Å². The number of amides is 2. The summed E-state index contributed by atoms with van der Waals surface area (Å²) in [5, 5.41) is 33.8. The number of aromatic hydroxyl groups is 1. The summed E-state index contributed by atoms with van der Waals surface area (Å²) in [5.74, 6) is -14.9. The zero-order chi connectivity index (χ0) is 27.9. The molecule has 12 nitrogen and oxygen atoms in total. The summed E-state index contributed by atoms with van der Waals surface area (Å²) in [4.78, 5) is 81.6. The molecule has 0 heterocycles. The van der Waals surface area contributed by atoms with Gasteiger partial charge in [0.05, 0.1) is 29.5 Å². The quantitative estimate of drug-likeness (QED) is 0.330. The van der Waals surface area contributed by atoms with Gasteiger partial charge in [0, 0.05) is 25.6 Å². The average Bonchev–Trinajstić information content (AvgIpc) is 2.80. The van der Waals surface area contributed by atoms with Gasteiger partial charge in [-0.1, -0.05) is 6.92 Å². The second-order valence-corrected chi connectivity index (χ2v) is 10.5. The molecule has 3 aliphatic carbocycles. The number of hydrogen-bond acceptors (Lipinski definition) is 10. The lowest BCUT2D eigenvalue weighted by atomic mass is 9.49. The molecule has 5 N–H and O–H groups in total. The SMILES string of the molecule is C[C@@H]1c2c(C(=O)N(C)C)ccc(O)c2C(=O)C2C(=O)[C@@]3(O)C(=O)C(C(N)=O)C(=O)[C@H](N(C)C)[C@H]3[C@H](O)[C@H]21. The van der Waals surface area contributed by atoms with Gasteiger partial charge < -0.3 is 26.0 Å². The molecule has 2 saturated carbocycles. The van der Waals surface area contributed by atoms with Crippen LogP contribution in [0, 0.1) is 23.7 Å². The topological polar surface area (TPSA) is 196 Å². The number of aliphatic hydroxyl groups is 2. The maximum absolute atomic E-state index is 13.9. The van der Waals surface area contributed by atoms with Crippen LogP contribution in [0.3, 0.4) is 0 Å². The molecule has 1 aromatic rings. The van der Waals surface area contributed by atoms with Crippen molar-refractivity contribution in [3.63, 3.8) is 0 Å². The Hall–Kier alpha value is -3.48. The minimum Gasteiger partial charge on any atom is -0.507 e. The highest BCUT2D eigenvalue weighted by molar-refractivity contribution is 6.32. The van der Waals surface area contributed by atoms with Crippen molar-refractivity contribution in [2.75, 3.05) is 28.2 Å². The summed E-state index contributed by atoms with van der Waals surface area (Å²) in [5.41, 5.74) is 2.09. The standard InChI is InChI=1S/C25H29N3O9/c1-8-11-9(24(36)28(4)5)6-7-10(29)13(11)18(30)14-12(8)19(31)16-17(27(2)3)20(32)15(23(26)35)22(34)25(16,37)21(14)33/h6-8,12,14-17,19,29,31,37H,1-5H3,(H2,26,35)/t8-,12+,14?,15?,16+,17-,19-,25-/m1/s1. The van der Waals surface area contributed by atoms with Crippen molar-refractivity contribution in [1.82, 2.24) is 9.80 Å². The van der Waals surface area contributed by atoms with Crippen molar-refractivity contribution in [2.24, 2.45) is 29.4 Å². The highest BCUT2D eigenvalue weighted by Gasteiger charge is 2.73. The number of Topliss-reactive ketones (excluding diaryl/α,β-unsaturated/α-hetero) is 4. The summed E-state index contributed by atoms with van der Waals surface area (Å²) < 4.78 is 0. The Bertz CT molecular complexity index is 1270. The second kappa shape index (κ2) is 8.54. The highest BCUT2D eigenvalue weighted by Crippen LogP contribution is 2.55. The lowest BCUT2D eigenvalue weighted by Crippen LogP contribution is -2.77. The molecule has 37 heavy (non-hydrogen) atoms. The molecule has 0 bridgehead atoms. The van der Waals surface area contributed by atoms with E-state index in [4.69, 9.17) is 5.73 Å². The predicted molar refractivity (Wildman–Crippen MR) is 125 cm³/mol. The molecule has 12 heteroatoms. The third-order valence-electron chi connectivity index (χ3n) is 8.10. The number of primary amides is 1. The largest absolute Gasteiger partial charge is 0.507 e. The zero-order valence-corrected chi connectivity index (χ0v) is 21.0. The number of phenolic OH excluding ortho intramolecular Hbond substituents is 1. The number of nitrogens with two attached hydrogens (primary N) is 1. The number of benzene rings is 1. The first-order valence-electron chi connectivity index (χ1n) is 11.7.